The summed E-state index contributed by atoms with van der Waals surface area (Å²) in [6.45, 7) is 0.294. The first-order valence-electron chi connectivity index (χ1n) is 7.24. The van der Waals surface area contributed by atoms with Crippen molar-refractivity contribution < 1.29 is 4.79 Å². The summed E-state index contributed by atoms with van der Waals surface area (Å²) in [5.41, 5.74) is 0.433. The molecule has 0 atom stereocenters. The monoisotopic (exact) mass is 322 g/mol. The second-order valence-electron chi connectivity index (χ2n) is 5.09. The molecule has 0 saturated carbocycles. The molecule has 0 aliphatic heterocycles. The van der Waals surface area contributed by atoms with Gasteiger partial charge in [0.25, 0.3) is 11.5 Å². The Morgan fingerprint density at radius 2 is 1.92 bits per heavy atom. The first-order valence-corrected chi connectivity index (χ1v) is 7.24. The van der Waals surface area contributed by atoms with Gasteiger partial charge in [0.15, 0.2) is 5.43 Å². The van der Waals surface area contributed by atoms with E-state index in [0.717, 1.165) is 5.56 Å². The Morgan fingerprint density at radius 1 is 1.12 bits per heavy atom. The van der Waals surface area contributed by atoms with E-state index in [0.29, 0.717) is 6.54 Å². The highest BCUT2D eigenvalue weighted by atomic mass is 16.2. The standard InChI is InChI=1S/C17H14N4O3/c22-15-6-7-18-10-13(15)14-8-12(17(24)21-20-14)16(23)19-9-11-4-2-1-3-5-11/h1-8,10H,9H2,(H,18,22)(H,19,23)(H,21,24). The smallest absolute Gasteiger partial charge is 0.277 e. The Balaban J connectivity index is 1.86. The van der Waals surface area contributed by atoms with Crippen LogP contribution in [0.4, 0.5) is 0 Å². The number of hydrogen-bond acceptors (Lipinski definition) is 4. The number of pyridine rings is 1. The van der Waals surface area contributed by atoms with Crippen LogP contribution >= 0.6 is 0 Å². The molecular weight excluding hydrogens is 308 g/mol. The zero-order valence-corrected chi connectivity index (χ0v) is 12.6. The molecule has 0 spiro atoms. The molecule has 0 unspecified atom stereocenters. The summed E-state index contributed by atoms with van der Waals surface area (Å²) in [6.07, 6.45) is 2.96. The lowest BCUT2D eigenvalue weighted by Gasteiger charge is -2.06. The number of rotatable bonds is 4. The van der Waals surface area contributed by atoms with Crippen LogP contribution in [0.1, 0.15) is 15.9 Å². The van der Waals surface area contributed by atoms with Crippen molar-refractivity contribution in [2.24, 2.45) is 0 Å². The Kier molecular flexibility index (Phi) is 4.33. The molecule has 3 rings (SSSR count). The van der Waals surface area contributed by atoms with Crippen molar-refractivity contribution in [2.45, 2.75) is 6.54 Å². The molecule has 0 radical (unpaired) electrons. The summed E-state index contributed by atoms with van der Waals surface area (Å²) in [5, 5.41) is 8.76. The molecule has 3 aromatic rings. The van der Waals surface area contributed by atoms with Crippen molar-refractivity contribution in [1.82, 2.24) is 20.5 Å². The maximum Gasteiger partial charge on any atom is 0.277 e. The molecule has 3 N–H and O–H groups in total. The second-order valence-corrected chi connectivity index (χ2v) is 5.09. The normalized spacial score (nSPS) is 10.3. The third-order valence-corrected chi connectivity index (χ3v) is 3.44. The van der Waals surface area contributed by atoms with Gasteiger partial charge in [0.1, 0.15) is 5.56 Å². The fourth-order valence-corrected chi connectivity index (χ4v) is 2.20. The van der Waals surface area contributed by atoms with Crippen LogP contribution in [-0.4, -0.2) is 21.1 Å². The van der Waals surface area contributed by atoms with Gasteiger partial charge < -0.3 is 10.3 Å². The van der Waals surface area contributed by atoms with Gasteiger partial charge in [-0.2, -0.15) is 5.10 Å². The van der Waals surface area contributed by atoms with Gasteiger partial charge in [0, 0.05) is 25.0 Å². The van der Waals surface area contributed by atoms with Crippen LogP contribution in [-0.2, 0) is 6.54 Å². The van der Waals surface area contributed by atoms with Gasteiger partial charge >= 0.3 is 0 Å². The Bertz CT molecular complexity index is 977. The maximum absolute atomic E-state index is 12.3. The molecule has 0 saturated heterocycles. The second kappa shape index (κ2) is 6.74. The number of nitrogens with one attached hydrogen (secondary N) is 3. The van der Waals surface area contributed by atoms with Gasteiger partial charge in [0.05, 0.1) is 11.3 Å². The minimum atomic E-state index is -0.614. The highest BCUT2D eigenvalue weighted by Gasteiger charge is 2.14. The van der Waals surface area contributed by atoms with Gasteiger partial charge in [-0.05, 0) is 11.6 Å². The average Bonchev–Trinajstić information content (AvgIpc) is 2.61. The molecule has 2 heterocycles. The molecular formula is C17H14N4O3. The fourth-order valence-electron chi connectivity index (χ4n) is 2.20. The predicted molar refractivity (Wildman–Crippen MR) is 88.5 cm³/mol. The number of benzene rings is 1. The summed E-state index contributed by atoms with van der Waals surface area (Å²) in [5.74, 6) is -0.531. The Labute approximate surface area is 136 Å². The van der Waals surface area contributed by atoms with Crippen LogP contribution < -0.4 is 16.3 Å². The summed E-state index contributed by atoms with van der Waals surface area (Å²) in [7, 11) is 0. The van der Waals surface area contributed by atoms with E-state index < -0.39 is 11.5 Å². The lowest BCUT2D eigenvalue weighted by Crippen LogP contribution is -2.30. The lowest BCUT2D eigenvalue weighted by atomic mass is 10.1. The van der Waals surface area contributed by atoms with Gasteiger partial charge in [-0.1, -0.05) is 30.3 Å². The number of aromatic amines is 2. The number of amides is 1. The minimum Gasteiger partial charge on any atom is -0.367 e. The third-order valence-electron chi connectivity index (χ3n) is 3.44. The molecule has 2 aromatic heterocycles. The number of hydrogen-bond donors (Lipinski definition) is 3. The van der Waals surface area contributed by atoms with Crippen LogP contribution in [0.25, 0.3) is 11.3 Å². The van der Waals surface area contributed by atoms with E-state index in [-0.39, 0.29) is 22.2 Å². The summed E-state index contributed by atoms with van der Waals surface area (Å²) in [6, 6.07) is 12.0. The van der Waals surface area contributed by atoms with Crippen molar-refractivity contribution in [3.05, 3.63) is 86.6 Å². The van der Waals surface area contributed by atoms with Crippen molar-refractivity contribution >= 4 is 5.91 Å². The van der Waals surface area contributed by atoms with Crippen molar-refractivity contribution in [3.63, 3.8) is 0 Å². The van der Waals surface area contributed by atoms with E-state index >= 15 is 0 Å². The first-order chi connectivity index (χ1) is 11.6. The zero-order chi connectivity index (χ0) is 16.9. The lowest BCUT2D eigenvalue weighted by molar-refractivity contribution is 0.0949. The van der Waals surface area contributed by atoms with E-state index in [1.165, 1.54) is 24.5 Å². The molecule has 24 heavy (non-hydrogen) atoms. The molecule has 0 aliphatic carbocycles. The maximum atomic E-state index is 12.3. The fraction of sp³-hybridized carbons (Fsp3) is 0.0588. The van der Waals surface area contributed by atoms with Crippen molar-refractivity contribution in [2.75, 3.05) is 0 Å². The third kappa shape index (κ3) is 3.30. The largest absolute Gasteiger partial charge is 0.367 e. The van der Waals surface area contributed by atoms with E-state index in [1.807, 2.05) is 30.3 Å². The van der Waals surface area contributed by atoms with Crippen molar-refractivity contribution in [3.8, 4) is 11.3 Å². The molecule has 1 aromatic carbocycles. The molecule has 0 aliphatic rings. The van der Waals surface area contributed by atoms with Gasteiger partial charge in [-0.3, -0.25) is 14.4 Å². The van der Waals surface area contributed by atoms with Crippen LogP contribution in [0.15, 0.2) is 64.4 Å². The number of H-pyrrole nitrogens is 2. The zero-order valence-electron chi connectivity index (χ0n) is 12.6. The molecule has 1 amide bonds. The SMILES string of the molecule is O=C(NCc1ccccc1)c1cc(-c2c[nH]ccc2=O)n[nH]c1=O. The molecule has 7 nitrogen and oxygen atoms in total. The molecule has 7 heteroatoms. The van der Waals surface area contributed by atoms with E-state index in [4.69, 9.17) is 0 Å². The van der Waals surface area contributed by atoms with Gasteiger partial charge in [-0.25, -0.2) is 5.10 Å². The summed E-state index contributed by atoms with van der Waals surface area (Å²) in [4.78, 5) is 38.8. The molecule has 120 valence electrons. The van der Waals surface area contributed by atoms with E-state index in [9.17, 15) is 14.4 Å². The van der Waals surface area contributed by atoms with Crippen molar-refractivity contribution in [1.29, 1.82) is 0 Å². The Hall–Kier alpha value is -3.48. The van der Waals surface area contributed by atoms with Gasteiger partial charge in [-0.15, -0.1) is 0 Å². The number of carbonyl (C=O) groups excluding carboxylic acids is 1. The number of carbonyl (C=O) groups is 1. The average molecular weight is 322 g/mol. The van der Waals surface area contributed by atoms with Crippen LogP contribution in [0, 0.1) is 0 Å². The predicted octanol–water partition coefficient (Wildman–Crippen LogP) is 1.06. The number of aromatic nitrogens is 3. The van der Waals surface area contributed by atoms with Crippen LogP contribution in [0.3, 0.4) is 0 Å². The Morgan fingerprint density at radius 3 is 2.67 bits per heavy atom. The quantitative estimate of drug-likeness (QED) is 0.667. The van der Waals surface area contributed by atoms with Crippen LogP contribution in [0.2, 0.25) is 0 Å². The van der Waals surface area contributed by atoms with E-state index in [2.05, 4.69) is 20.5 Å². The van der Waals surface area contributed by atoms with E-state index in [1.54, 1.807) is 0 Å². The topological polar surface area (TPSA) is 108 Å². The highest BCUT2D eigenvalue weighted by Crippen LogP contribution is 2.10. The van der Waals surface area contributed by atoms with Gasteiger partial charge in [0.2, 0.25) is 0 Å². The summed E-state index contributed by atoms with van der Waals surface area (Å²) < 4.78 is 0. The number of nitrogens with zero attached hydrogens (tertiary/aromatic N) is 1. The first kappa shape index (κ1) is 15.4. The molecule has 0 fully saturated rings. The minimum absolute atomic E-state index is 0.0980. The highest BCUT2D eigenvalue weighted by molar-refractivity contribution is 5.94. The summed E-state index contributed by atoms with van der Waals surface area (Å²) >= 11 is 0. The van der Waals surface area contributed by atoms with Crippen LogP contribution in [0.5, 0.6) is 0 Å². The molecule has 0 bridgehead atoms.